The van der Waals surface area contributed by atoms with Crippen LogP contribution >= 0.6 is 0 Å². The molecule has 6 nitrogen and oxygen atoms in total. The Morgan fingerprint density at radius 2 is 2.14 bits per heavy atom. The van der Waals surface area contributed by atoms with E-state index in [4.69, 9.17) is 4.74 Å². The number of aromatic nitrogens is 2. The maximum absolute atomic E-state index is 13.7. The molecule has 0 bridgehead atoms. The molecule has 2 aromatic carbocycles. The van der Waals surface area contributed by atoms with Crippen LogP contribution in [0.1, 0.15) is 11.1 Å². The van der Waals surface area contributed by atoms with Crippen molar-refractivity contribution >= 4 is 11.7 Å². The average molecular weight is 384 g/mol. The zero-order valence-electron chi connectivity index (χ0n) is 15.1. The number of halogens is 2. The number of aromatic amines is 1. The van der Waals surface area contributed by atoms with Gasteiger partial charge in [0.05, 0.1) is 18.9 Å². The number of rotatable bonds is 4. The second kappa shape index (κ2) is 7.30. The number of nitrogens with zero attached hydrogens (tertiary/aromatic N) is 2. The van der Waals surface area contributed by atoms with Crippen molar-refractivity contribution in [2.75, 3.05) is 18.6 Å². The number of amides is 2. The zero-order chi connectivity index (χ0) is 19.7. The Labute approximate surface area is 160 Å². The summed E-state index contributed by atoms with van der Waals surface area (Å²) >= 11 is 0. The number of hydrogen-bond donors (Lipinski definition) is 2. The molecule has 3 aromatic rings. The van der Waals surface area contributed by atoms with Gasteiger partial charge in [-0.2, -0.15) is 9.49 Å². The minimum absolute atomic E-state index is 0.178. The second-order valence-electron chi connectivity index (χ2n) is 6.50. The van der Waals surface area contributed by atoms with Gasteiger partial charge >= 0.3 is 6.03 Å². The number of benzene rings is 2. The molecule has 2 N–H and O–H groups in total. The first kappa shape index (κ1) is 18.0. The number of carbonyl (C=O) groups is 1. The van der Waals surface area contributed by atoms with Gasteiger partial charge in [-0.3, -0.25) is 10.00 Å². The first-order chi connectivity index (χ1) is 13.5. The van der Waals surface area contributed by atoms with Gasteiger partial charge in [0, 0.05) is 24.8 Å². The molecular weight excluding hydrogens is 366 g/mol. The number of anilines is 1. The van der Waals surface area contributed by atoms with E-state index in [2.05, 4.69) is 15.5 Å². The molecule has 1 aromatic heterocycles. The van der Waals surface area contributed by atoms with E-state index in [1.165, 1.54) is 25.4 Å². The van der Waals surface area contributed by atoms with E-state index in [1.54, 1.807) is 23.1 Å². The number of H-pyrrole nitrogens is 1. The van der Waals surface area contributed by atoms with Crippen LogP contribution in [0.2, 0.25) is 0 Å². The highest BCUT2D eigenvalue weighted by Gasteiger charge is 2.25. The van der Waals surface area contributed by atoms with E-state index < -0.39 is 11.8 Å². The number of urea groups is 1. The summed E-state index contributed by atoms with van der Waals surface area (Å²) in [6.07, 6.45) is 2.10. The summed E-state index contributed by atoms with van der Waals surface area (Å²) in [4.78, 5) is 14.2. The minimum atomic E-state index is -0.488. The van der Waals surface area contributed by atoms with Gasteiger partial charge in [0.2, 0.25) is 5.95 Å². The lowest BCUT2D eigenvalue weighted by Gasteiger charge is -2.18. The highest BCUT2D eigenvalue weighted by Crippen LogP contribution is 2.32. The van der Waals surface area contributed by atoms with E-state index in [1.807, 2.05) is 6.07 Å². The highest BCUT2D eigenvalue weighted by atomic mass is 19.1. The number of methoxy groups -OCH3 is 1. The standard InChI is InChI=1S/C20H18F2N4O2/c1-28-16-7-12(6-15(21)9-16)10-23-20(27)26-5-4-14-8-13(2-3-18(14)26)17-11-24-25-19(17)22/h2-3,6-9,11H,4-5,10H2,1H3,(H,23,27)(H,24,25). The third-order valence-corrected chi connectivity index (χ3v) is 4.73. The van der Waals surface area contributed by atoms with E-state index in [0.29, 0.717) is 35.4 Å². The van der Waals surface area contributed by atoms with Crippen molar-refractivity contribution in [2.24, 2.45) is 0 Å². The predicted molar refractivity (Wildman–Crippen MR) is 100 cm³/mol. The molecule has 144 valence electrons. The van der Waals surface area contributed by atoms with Crippen molar-refractivity contribution in [1.82, 2.24) is 15.5 Å². The van der Waals surface area contributed by atoms with Crippen molar-refractivity contribution in [2.45, 2.75) is 13.0 Å². The van der Waals surface area contributed by atoms with Crippen LogP contribution in [0.4, 0.5) is 19.3 Å². The van der Waals surface area contributed by atoms with Crippen LogP contribution in [0.3, 0.4) is 0 Å². The molecule has 0 spiro atoms. The predicted octanol–water partition coefficient (Wildman–Crippen LogP) is 3.64. The van der Waals surface area contributed by atoms with Crippen LogP contribution < -0.4 is 15.0 Å². The maximum atomic E-state index is 13.7. The number of hydrogen-bond acceptors (Lipinski definition) is 3. The third kappa shape index (κ3) is 3.40. The molecule has 0 fully saturated rings. The van der Waals surface area contributed by atoms with E-state index in [-0.39, 0.29) is 12.6 Å². The van der Waals surface area contributed by atoms with Crippen LogP contribution in [-0.2, 0) is 13.0 Å². The van der Waals surface area contributed by atoms with Crippen molar-refractivity contribution in [3.8, 4) is 16.9 Å². The molecule has 8 heteroatoms. The van der Waals surface area contributed by atoms with E-state index >= 15 is 0 Å². The Morgan fingerprint density at radius 3 is 2.89 bits per heavy atom. The largest absolute Gasteiger partial charge is 0.497 e. The number of carbonyl (C=O) groups excluding carboxylic acids is 1. The van der Waals surface area contributed by atoms with Crippen molar-refractivity contribution < 1.29 is 18.3 Å². The molecule has 0 aliphatic carbocycles. The highest BCUT2D eigenvalue weighted by molar-refractivity contribution is 5.94. The van der Waals surface area contributed by atoms with Crippen LogP contribution in [0, 0.1) is 11.8 Å². The lowest BCUT2D eigenvalue weighted by Crippen LogP contribution is -2.38. The quantitative estimate of drug-likeness (QED) is 0.722. The van der Waals surface area contributed by atoms with Gasteiger partial charge in [-0.05, 0) is 47.4 Å². The fourth-order valence-corrected chi connectivity index (χ4v) is 3.37. The maximum Gasteiger partial charge on any atom is 0.322 e. The molecule has 28 heavy (non-hydrogen) atoms. The Morgan fingerprint density at radius 1 is 1.29 bits per heavy atom. The first-order valence-corrected chi connectivity index (χ1v) is 8.76. The van der Waals surface area contributed by atoms with Crippen molar-refractivity contribution in [3.05, 3.63) is 65.5 Å². The normalized spacial score (nSPS) is 12.8. The SMILES string of the molecule is COc1cc(F)cc(CNC(=O)N2CCc3cc(-c4cn[nH]c4F)ccc32)c1. The summed E-state index contributed by atoms with van der Waals surface area (Å²) in [5.41, 5.74) is 3.45. The Kier molecular flexibility index (Phi) is 4.68. The molecular formula is C20H18F2N4O2. The van der Waals surface area contributed by atoms with Crippen LogP contribution in [0.5, 0.6) is 5.75 Å². The molecule has 0 unspecified atom stereocenters. The molecule has 0 atom stereocenters. The lowest BCUT2D eigenvalue weighted by molar-refractivity contribution is 0.246. The molecule has 4 rings (SSSR count). The first-order valence-electron chi connectivity index (χ1n) is 8.76. The Hall–Kier alpha value is -3.42. The smallest absolute Gasteiger partial charge is 0.322 e. The minimum Gasteiger partial charge on any atom is -0.497 e. The fourth-order valence-electron chi connectivity index (χ4n) is 3.37. The van der Waals surface area contributed by atoms with Gasteiger partial charge in [0.1, 0.15) is 11.6 Å². The molecule has 2 heterocycles. The number of ether oxygens (including phenoxy) is 1. The van der Waals surface area contributed by atoms with Gasteiger partial charge in [0.25, 0.3) is 0 Å². The van der Waals surface area contributed by atoms with Gasteiger partial charge in [-0.1, -0.05) is 6.07 Å². The Balaban J connectivity index is 1.47. The zero-order valence-corrected chi connectivity index (χ0v) is 15.1. The Bertz CT molecular complexity index is 1030. The van der Waals surface area contributed by atoms with Gasteiger partial charge in [0.15, 0.2) is 0 Å². The molecule has 1 aliphatic rings. The van der Waals surface area contributed by atoms with Crippen molar-refractivity contribution in [3.63, 3.8) is 0 Å². The number of fused-ring (bicyclic) bond motifs is 1. The average Bonchev–Trinajstić information content (AvgIpc) is 3.31. The fraction of sp³-hybridized carbons (Fsp3) is 0.200. The van der Waals surface area contributed by atoms with Gasteiger partial charge in [-0.15, -0.1) is 0 Å². The monoisotopic (exact) mass is 384 g/mol. The second-order valence-corrected chi connectivity index (χ2v) is 6.50. The molecule has 0 radical (unpaired) electrons. The summed E-state index contributed by atoms with van der Waals surface area (Å²) in [7, 11) is 1.46. The van der Waals surface area contributed by atoms with E-state index in [0.717, 1.165) is 11.3 Å². The summed E-state index contributed by atoms with van der Waals surface area (Å²) in [5.74, 6) is -0.512. The molecule has 0 saturated carbocycles. The van der Waals surface area contributed by atoms with Crippen LogP contribution in [0.15, 0.2) is 42.6 Å². The third-order valence-electron chi connectivity index (χ3n) is 4.73. The summed E-state index contributed by atoms with van der Waals surface area (Å²) in [6, 6.07) is 9.46. The lowest BCUT2D eigenvalue weighted by atomic mass is 10.0. The summed E-state index contributed by atoms with van der Waals surface area (Å²) < 4.78 is 32.3. The van der Waals surface area contributed by atoms with Gasteiger partial charge < -0.3 is 10.1 Å². The molecule has 1 aliphatic heterocycles. The van der Waals surface area contributed by atoms with Crippen molar-refractivity contribution in [1.29, 1.82) is 0 Å². The number of nitrogens with one attached hydrogen (secondary N) is 2. The van der Waals surface area contributed by atoms with Gasteiger partial charge in [-0.25, -0.2) is 9.18 Å². The molecule has 0 saturated heterocycles. The van der Waals surface area contributed by atoms with Crippen LogP contribution in [-0.4, -0.2) is 29.9 Å². The van der Waals surface area contributed by atoms with E-state index in [9.17, 15) is 13.6 Å². The topological polar surface area (TPSA) is 70.2 Å². The van der Waals surface area contributed by atoms with Crippen LogP contribution in [0.25, 0.3) is 11.1 Å². The molecule has 2 amide bonds. The summed E-state index contributed by atoms with van der Waals surface area (Å²) in [5, 5.41) is 8.78. The summed E-state index contributed by atoms with van der Waals surface area (Å²) in [6.45, 7) is 0.696.